The zero-order chi connectivity index (χ0) is 11.7. The van der Waals surface area contributed by atoms with Crippen molar-refractivity contribution in [3.8, 4) is 11.3 Å². The van der Waals surface area contributed by atoms with Crippen LogP contribution in [0.1, 0.15) is 12.5 Å². The van der Waals surface area contributed by atoms with E-state index in [0.29, 0.717) is 0 Å². The third-order valence-electron chi connectivity index (χ3n) is 3.02. The summed E-state index contributed by atoms with van der Waals surface area (Å²) < 4.78 is 2.04. The van der Waals surface area contributed by atoms with E-state index in [1.807, 2.05) is 28.8 Å². The Labute approximate surface area is 117 Å². The van der Waals surface area contributed by atoms with Crippen molar-refractivity contribution in [3.63, 3.8) is 0 Å². The van der Waals surface area contributed by atoms with Gasteiger partial charge in [-0.25, -0.2) is 4.98 Å². The summed E-state index contributed by atoms with van der Waals surface area (Å²) in [6, 6.07) is 14.6. The van der Waals surface area contributed by atoms with Gasteiger partial charge in [-0.3, -0.25) is 0 Å². The molecule has 2 heterocycles. The molecule has 0 bridgehead atoms. The molecule has 18 heavy (non-hydrogen) atoms. The first-order chi connectivity index (χ1) is 8.36. The van der Waals surface area contributed by atoms with E-state index in [2.05, 4.69) is 42.4 Å². The molecule has 3 heteroatoms. The highest BCUT2D eigenvalue weighted by Crippen LogP contribution is 2.19. The summed E-state index contributed by atoms with van der Waals surface area (Å²) in [7, 11) is 0. The Bertz CT molecular complexity index is 608. The molecular weight excluding hydrogens is 288 g/mol. The lowest BCUT2D eigenvalue weighted by atomic mass is 10.1. The Hall–Kier alpha value is -1.61. The molecule has 0 unspecified atom stereocenters. The summed E-state index contributed by atoms with van der Waals surface area (Å²) in [6.45, 7) is 2.17. The normalized spacial score (nSPS) is 10.3. The molecule has 2 nitrogen and oxygen atoms in total. The van der Waals surface area contributed by atoms with E-state index < -0.39 is 0 Å². The van der Waals surface area contributed by atoms with E-state index in [1.54, 1.807) is 0 Å². The van der Waals surface area contributed by atoms with E-state index in [1.165, 1.54) is 11.1 Å². The standard InChI is InChI=1S/C15H14N2.BrH/c1-2-12-6-8-13(9-7-12)14-11-17-10-4-3-5-15(17)16-14;/h3-11H,2H2,1H3;1H/p-1. The first-order valence-corrected chi connectivity index (χ1v) is 5.90. The summed E-state index contributed by atoms with van der Waals surface area (Å²) in [4.78, 5) is 4.60. The second-order valence-corrected chi connectivity index (χ2v) is 4.14. The average molecular weight is 302 g/mol. The van der Waals surface area contributed by atoms with Gasteiger partial charge in [0.15, 0.2) is 0 Å². The molecule has 0 aliphatic carbocycles. The van der Waals surface area contributed by atoms with E-state index in [0.717, 1.165) is 17.8 Å². The van der Waals surface area contributed by atoms with Crippen LogP contribution in [0.2, 0.25) is 0 Å². The number of pyridine rings is 1. The molecule has 0 spiro atoms. The smallest absolute Gasteiger partial charge is 0.137 e. The first kappa shape index (κ1) is 12.8. The van der Waals surface area contributed by atoms with Crippen molar-refractivity contribution in [2.45, 2.75) is 13.3 Å². The second kappa shape index (κ2) is 5.36. The molecule has 2 aromatic heterocycles. The van der Waals surface area contributed by atoms with Crippen LogP contribution in [0, 0.1) is 0 Å². The molecule has 0 N–H and O–H groups in total. The molecule has 3 aromatic rings. The minimum absolute atomic E-state index is 0. The zero-order valence-corrected chi connectivity index (χ0v) is 11.8. The largest absolute Gasteiger partial charge is 1.00 e. The number of aromatic nitrogens is 2. The van der Waals surface area contributed by atoms with Crippen LogP contribution in [0.3, 0.4) is 0 Å². The molecular formula is C15H14BrN2-. The van der Waals surface area contributed by atoms with E-state index in [4.69, 9.17) is 0 Å². The number of aryl methyl sites for hydroxylation is 1. The van der Waals surface area contributed by atoms with Gasteiger partial charge < -0.3 is 21.4 Å². The van der Waals surface area contributed by atoms with Gasteiger partial charge >= 0.3 is 0 Å². The maximum Gasteiger partial charge on any atom is 0.137 e. The summed E-state index contributed by atoms with van der Waals surface area (Å²) in [6.07, 6.45) is 5.16. The van der Waals surface area contributed by atoms with Crippen molar-refractivity contribution >= 4 is 5.65 Å². The van der Waals surface area contributed by atoms with Crippen LogP contribution in [0.25, 0.3) is 16.9 Å². The number of halogens is 1. The van der Waals surface area contributed by atoms with Crippen molar-refractivity contribution in [2.24, 2.45) is 0 Å². The Morgan fingerprint density at radius 3 is 2.50 bits per heavy atom. The molecule has 0 saturated heterocycles. The number of imidazole rings is 1. The van der Waals surface area contributed by atoms with Crippen LogP contribution in [-0.4, -0.2) is 9.38 Å². The second-order valence-electron chi connectivity index (χ2n) is 4.14. The van der Waals surface area contributed by atoms with Crippen molar-refractivity contribution in [2.75, 3.05) is 0 Å². The van der Waals surface area contributed by atoms with Crippen LogP contribution in [-0.2, 0) is 6.42 Å². The van der Waals surface area contributed by atoms with Gasteiger partial charge in [0.25, 0.3) is 0 Å². The monoisotopic (exact) mass is 301 g/mol. The zero-order valence-electron chi connectivity index (χ0n) is 10.2. The number of nitrogens with zero attached hydrogens (tertiary/aromatic N) is 2. The average Bonchev–Trinajstić information content (AvgIpc) is 2.82. The highest BCUT2D eigenvalue weighted by Gasteiger charge is 2.03. The highest BCUT2D eigenvalue weighted by atomic mass is 79.9. The van der Waals surface area contributed by atoms with Gasteiger partial charge in [0.2, 0.25) is 0 Å². The molecule has 0 atom stereocenters. The maximum atomic E-state index is 4.60. The van der Waals surface area contributed by atoms with E-state index in [9.17, 15) is 0 Å². The molecule has 0 aliphatic heterocycles. The van der Waals surface area contributed by atoms with Crippen LogP contribution in [0.4, 0.5) is 0 Å². The van der Waals surface area contributed by atoms with Crippen LogP contribution < -0.4 is 17.0 Å². The Morgan fingerprint density at radius 2 is 1.83 bits per heavy atom. The fraction of sp³-hybridized carbons (Fsp3) is 0.133. The van der Waals surface area contributed by atoms with Crippen molar-refractivity contribution in [1.29, 1.82) is 0 Å². The molecule has 0 radical (unpaired) electrons. The number of rotatable bonds is 2. The number of benzene rings is 1. The molecule has 92 valence electrons. The van der Waals surface area contributed by atoms with Gasteiger partial charge in [0.05, 0.1) is 5.69 Å². The molecule has 3 rings (SSSR count). The summed E-state index contributed by atoms with van der Waals surface area (Å²) in [5.41, 5.74) is 4.55. The molecule has 0 saturated carbocycles. The van der Waals surface area contributed by atoms with Gasteiger partial charge in [-0.05, 0) is 24.1 Å². The van der Waals surface area contributed by atoms with Gasteiger partial charge in [0, 0.05) is 18.0 Å². The summed E-state index contributed by atoms with van der Waals surface area (Å²) in [5, 5.41) is 0. The third-order valence-corrected chi connectivity index (χ3v) is 3.02. The lowest BCUT2D eigenvalue weighted by Gasteiger charge is -1.98. The lowest BCUT2D eigenvalue weighted by molar-refractivity contribution is -0.00000351. The van der Waals surface area contributed by atoms with Gasteiger partial charge in [-0.15, -0.1) is 0 Å². The van der Waals surface area contributed by atoms with Crippen molar-refractivity contribution < 1.29 is 17.0 Å². The van der Waals surface area contributed by atoms with Gasteiger partial charge in [0.1, 0.15) is 5.65 Å². The maximum absolute atomic E-state index is 4.60. The van der Waals surface area contributed by atoms with Crippen LogP contribution in [0.15, 0.2) is 54.9 Å². The molecule has 0 amide bonds. The topological polar surface area (TPSA) is 17.3 Å². The highest BCUT2D eigenvalue weighted by molar-refractivity contribution is 5.62. The number of hydrogen-bond donors (Lipinski definition) is 0. The fourth-order valence-corrected chi connectivity index (χ4v) is 1.98. The Morgan fingerprint density at radius 1 is 1.06 bits per heavy atom. The van der Waals surface area contributed by atoms with E-state index in [-0.39, 0.29) is 17.0 Å². The SMILES string of the molecule is CCc1ccc(-c2cn3ccccc3n2)cc1.[Br-]. The molecule has 0 aliphatic rings. The third kappa shape index (κ3) is 2.31. The lowest BCUT2D eigenvalue weighted by Crippen LogP contribution is -3.00. The van der Waals surface area contributed by atoms with Crippen LogP contribution >= 0.6 is 0 Å². The number of hydrogen-bond acceptors (Lipinski definition) is 1. The van der Waals surface area contributed by atoms with E-state index >= 15 is 0 Å². The molecule has 1 aromatic carbocycles. The predicted octanol–water partition coefficient (Wildman–Crippen LogP) is 0.568. The molecule has 0 fully saturated rings. The van der Waals surface area contributed by atoms with Crippen LogP contribution in [0.5, 0.6) is 0 Å². The van der Waals surface area contributed by atoms with Gasteiger partial charge in [-0.2, -0.15) is 0 Å². The minimum Gasteiger partial charge on any atom is -1.00 e. The minimum atomic E-state index is 0. The Balaban J connectivity index is 0.00000120. The van der Waals surface area contributed by atoms with Gasteiger partial charge in [-0.1, -0.05) is 37.3 Å². The fourth-order valence-electron chi connectivity index (χ4n) is 1.98. The summed E-state index contributed by atoms with van der Waals surface area (Å²) in [5.74, 6) is 0. The first-order valence-electron chi connectivity index (χ1n) is 5.90. The van der Waals surface area contributed by atoms with Crippen molar-refractivity contribution in [1.82, 2.24) is 9.38 Å². The van der Waals surface area contributed by atoms with Crippen molar-refractivity contribution in [3.05, 3.63) is 60.4 Å². The Kier molecular flexibility index (Phi) is 3.82. The number of fused-ring (bicyclic) bond motifs is 1. The summed E-state index contributed by atoms with van der Waals surface area (Å²) >= 11 is 0. The quantitative estimate of drug-likeness (QED) is 0.676. The predicted molar refractivity (Wildman–Crippen MR) is 70.0 cm³/mol.